The van der Waals surface area contributed by atoms with Crippen molar-refractivity contribution in [3.8, 4) is 0 Å². The Kier molecular flexibility index (Phi) is 8.56. The second kappa shape index (κ2) is 11.2. The molecule has 0 unspecified atom stereocenters. The Balaban J connectivity index is 1.73. The Morgan fingerprint density at radius 2 is 1.79 bits per heavy atom. The zero-order chi connectivity index (χ0) is 24.0. The van der Waals surface area contributed by atoms with Gasteiger partial charge in [-0.2, -0.15) is 0 Å². The van der Waals surface area contributed by atoms with Crippen LogP contribution in [0.1, 0.15) is 31.7 Å². The van der Waals surface area contributed by atoms with Crippen molar-refractivity contribution in [2.75, 3.05) is 37.8 Å². The maximum absolute atomic E-state index is 13.2. The molecule has 0 aliphatic heterocycles. The molecule has 0 N–H and O–H groups in total. The maximum atomic E-state index is 13.2. The van der Waals surface area contributed by atoms with Crippen LogP contribution in [0.4, 0.5) is 9.52 Å². The van der Waals surface area contributed by atoms with Gasteiger partial charge in [0.25, 0.3) is 0 Å². The molecule has 33 heavy (non-hydrogen) atoms. The monoisotopic (exact) mass is 491 g/mol. The van der Waals surface area contributed by atoms with Gasteiger partial charge in [-0.3, -0.25) is 9.69 Å². The summed E-state index contributed by atoms with van der Waals surface area (Å²) in [5.41, 5.74) is 2.06. The molecule has 3 aromatic rings. The van der Waals surface area contributed by atoms with E-state index in [2.05, 4.69) is 11.8 Å². The summed E-state index contributed by atoms with van der Waals surface area (Å²) in [4.78, 5) is 21.7. The highest BCUT2D eigenvalue weighted by Crippen LogP contribution is 2.31. The lowest BCUT2D eigenvalue weighted by Gasteiger charge is -2.21. The average molecular weight is 492 g/mol. The summed E-state index contributed by atoms with van der Waals surface area (Å²) >= 11 is 1.49. The normalized spacial score (nSPS) is 11.9. The molecule has 1 amide bonds. The molecule has 0 bridgehead atoms. The molecule has 1 heterocycles. The first kappa shape index (κ1) is 25.3. The lowest BCUT2D eigenvalue weighted by atomic mass is 10.1. The molecule has 2 aromatic carbocycles. The summed E-state index contributed by atoms with van der Waals surface area (Å²) < 4.78 is 39.2. The second-order valence-electron chi connectivity index (χ2n) is 8.19. The summed E-state index contributed by atoms with van der Waals surface area (Å²) in [7, 11) is 0.390. The minimum Gasteiger partial charge on any atom is -0.309 e. The summed E-state index contributed by atoms with van der Waals surface area (Å²) in [6, 6.07) is 10.8. The van der Waals surface area contributed by atoms with Crippen LogP contribution in [0.2, 0.25) is 0 Å². The van der Waals surface area contributed by atoms with Crippen molar-refractivity contribution in [2.24, 2.45) is 0 Å². The van der Waals surface area contributed by atoms with Gasteiger partial charge in [-0.15, -0.1) is 0 Å². The Hall–Kier alpha value is -2.36. The van der Waals surface area contributed by atoms with Crippen LogP contribution in [0.25, 0.3) is 10.2 Å². The number of rotatable bonds is 11. The van der Waals surface area contributed by atoms with E-state index in [1.165, 1.54) is 23.5 Å². The molecule has 0 saturated carbocycles. The first-order valence-corrected chi connectivity index (χ1v) is 13.5. The Morgan fingerprint density at radius 1 is 1.06 bits per heavy atom. The molecule has 0 aliphatic carbocycles. The number of sulfone groups is 1. The van der Waals surface area contributed by atoms with Gasteiger partial charge in [-0.05, 0) is 75.8 Å². The molecule has 9 heteroatoms. The van der Waals surface area contributed by atoms with Gasteiger partial charge in [0, 0.05) is 13.0 Å². The van der Waals surface area contributed by atoms with Crippen LogP contribution in [-0.2, 0) is 21.1 Å². The van der Waals surface area contributed by atoms with Crippen LogP contribution in [-0.4, -0.2) is 57.1 Å². The average Bonchev–Trinajstić information content (AvgIpc) is 3.20. The van der Waals surface area contributed by atoms with E-state index in [1.807, 2.05) is 32.3 Å². The van der Waals surface area contributed by atoms with E-state index in [9.17, 15) is 17.6 Å². The fraction of sp³-hybridized carbons (Fsp3) is 0.417. The number of carbonyl (C=O) groups excluding carboxylic acids is 1. The summed E-state index contributed by atoms with van der Waals surface area (Å²) in [5, 5.41) is 0.649. The van der Waals surface area contributed by atoms with Crippen LogP contribution < -0.4 is 4.90 Å². The number of anilines is 1. The molecule has 178 valence electrons. The Labute approximate surface area is 199 Å². The van der Waals surface area contributed by atoms with Gasteiger partial charge >= 0.3 is 0 Å². The fourth-order valence-corrected chi connectivity index (χ4v) is 5.94. The number of carbonyl (C=O) groups is 1. The number of hydrogen-bond acceptors (Lipinski definition) is 6. The predicted molar refractivity (Wildman–Crippen MR) is 132 cm³/mol. The van der Waals surface area contributed by atoms with Crippen molar-refractivity contribution < 1.29 is 17.6 Å². The van der Waals surface area contributed by atoms with Crippen molar-refractivity contribution in [2.45, 2.75) is 37.5 Å². The van der Waals surface area contributed by atoms with Crippen molar-refractivity contribution in [1.29, 1.82) is 0 Å². The van der Waals surface area contributed by atoms with Crippen LogP contribution in [0.3, 0.4) is 0 Å². The lowest BCUT2D eigenvalue weighted by molar-refractivity contribution is -0.118. The Morgan fingerprint density at radius 3 is 2.45 bits per heavy atom. The highest BCUT2D eigenvalue weighted by molar-refractivity contribution is 7.91. The van der Waals surface area contributed by atoms with E-state index in [4.69, 9.17) is 4.98 Å². The first-order chi connectivity index (χ1) is 15.7. The highest BCUT2D eigenvalue weighted by atomic mass is 32.2. The molecule has 0 spiro atoms. The number of para-hydroxylation sites is 1. The van der Waals surface area contributed by atoms with Gasteiger partial charge in [0.05, 0.1) is 20.9 Å². The van der Waals surface area contributed by atoms with Crippen molar-refractivity contribution in [3.05, 3.63) is 53.8 Å². The number of halogens is 1. The predicted octanol–water partition coefficient (Wildman–Crippen LogP) is 4.54. The number of thiazole rings is 1. The van der Waals surface area contributed by atoms with Crippen molar-refractivity contribution in [1.82, 2.24) is 9.88 Å². The van der Waals surface area contributed by atoms with E-state index in [0.717, 1.165) is 47.3 Å². The van der Waals surface area contributed by atoms with Crippen molar-refractivity contribution in [3.63, 3.8) is 0 Å². The van der Waals surface area contributed by atoms with Gasteiger partial charge in [-0.1, -0.05) is 30.4 Å². The van der Waals surface area contributed by atoms with Gasteiger partial charge in [-0.25, -0.2) is 17.8 Å². The molecular formula is C24H30FN3O3S2. The molecule has 0 saturated heterocycles. The SMILES string of the molecule is CCc1cccc2sc(N(CCCN(C)C)C(=O)CCCS(=O)(=O)c3ccc(F)cc3)nc12. The van der Waals surface area contributed by atoms with Gasteiger partial charge in [0.1, 0.15) is 5.82 Å². The minimum absolute atomic E-state index is 0.0671. The van der Waals surface area contributed by atoms with Crippen molar-refractivity contribution >= 4 is 42.4 Å². The lowest BCUT2D eigenvalue weighted by Crippen LogP contribution is -2.33. The van der Waals surface area contributed by atoms with Gasteiger partial charge in [0.2, 0.25) is 5.91 Å². The van der Waals surface area contributed by atoms with E-state index < -0.39 is 15.7 Å². The standard InChI is InChI=1S/C24H30FN3O3S2/c1-4-18-8-5-9-21-23(18)26-24(32-21)28(16-7-15-27(2)3)22(29)10-6-17-33(30,31)20-13-11-19(25)12-14-20/h5,8-9,11-14H,4,6-7,10,15-17H2,1-3H3. The van der Waals surface area contributed by atoms with Crippen LogP contribution in [0.5, 0.6) is 0 Å². The summed E-state index contributed by atoms with van der Waals surface area (Å²) in [6.07, 6.45) is 1.92. The number of hydrogen-bond donors (Lipinski definition) is 0. The van der Waals surface area contributed by atoms with Crippen LogP contribution in [0.15, 0.2) is 47.4 Å². The third-order valence-corrected chi connectivity index (χ3v) is 8.23. The third-order valence-electron chi connectivity index (χ3n) is 5.37. The second-order valence-corrected chi connectivity index (χ2v) is 11.3. The minimum atomic E-state index is -3.58. The zero-order valence-corrected chi connectivity index (χ0v) is 20.9. The summed E-state index contributed by atoms with van der Waals surface area (Å²) in [6.45, 7) is 3.42. The molecule has 1 aromatic heterocycles. The van der Waals surface area contributed by atoms with E-state index in [-0.39, 0.29) is 29.4 Å². The fourth-order valence-electron chi connectivity index (χ4n) is 3.57. The first-order valence-electron chi connectivity index (χ1n) is 11.0. The number of fused-ring (bicyclic) bond motifs is 1. The molecule has 6 nitrogen and oxygen atoms in total. The van der Waals surface area contributed by atoms with E-state index in [1.54, 1.807) is 4.90 Å². The number of amides is 1. The molecule has 0 aliphatic rings. The largest absolute Gasteiger partial charge is 0.309 e. The number of aromatic nitrogens is 1. The highest BCUT2D eigenvalue weighted by Gasteiger charge is 2.22. The van der Waals surface area contributed by atoms with E-state index in [0.29, 0.717) is 11.7 Å². The number of nitrogens with zero attached hydrogens (tertiary/aromatic N) is 3. The smallest absolute Gasteiger partial charge is 0.228 e. The topological polar surface area (TPSA) is 70.6 Å². The Bertz CT molecular complexity index is 1190. The molecular weight excluding hydrogens is 461 g/mol. The van der Waals surface area contributed by atoms with Gasteiger partial charge < -0.3 is 4.90 Å². The molecule has 0 fully saturated rings. The number of benzene rings is 2. The van der Waals surface area contributed by atoms with Crippen LogP contribution in [0, 0.1) is 5.82 Å². The van der Waals surface area contributed by atoms with Gasteiger partial charge in [0.15, 0.2) is 15.0 Å². The quantitative estimate of drug-likeness (QED) is 0.369. The molecule has 0 atom stereocenters. The number of aryl methyl sites for hydroxylation is 1. The maximum Gasteiger partial charge on any atom is 0.228 e. The van der Waals surface area contributed by atoms with Crippen LogP contribution >= 0.6 is 11.3 Å². The van der Waals surface area contributed by atoms with E-state index >= 15 is 0 Å². The summed E-state index contributed by atoms with van der Waals surface area (Å²) in [5.74, 6) is -0.796. The molecule has 3 rings (SSSR count). The zero-order valence-electron chi connectivity index (χ0n) is 19.3. The third kappa shape index (κ3) is 6.59. The molecule has 0 radical (unpaired) electrons.